The van der Waals surface area contributed by atoms with Gasteiger partial charge in [0.2, 0.25) is 10.0 Å². The van der Waals surface area contributed by atoms with Gasteiger partial charge < -0.3 is 5.73 Å². The highest BCUT2D eigenvalue weighted by Crippen LogP contribution is 2.27. The molecule has 0 heterocycles. The summed E-state index contributed by atoms with van der Waals surface area (Å²) in [6, 6.07) is -0.0695. The Balaban J connectivity index is 2.60. The number of hydrogen-bond acceptors (Lipinski definition) is 3. The van der Waals surface area contributed by atoms with Gasteiger partial charge in [-0.3, -0.25) is 0 Å². The van der Waals surface area contributed by atoms with E-state index >= 15 is 0 Å². The summed E-state index contributed by atoms with van der Waals surface area (Å²) in [6.07, 6.45) is 4.60. The molecule has 1 fully saturated rings. The van der Waals surface area contributed by atoms with Crippen LogP contribution >= 0.6 is 0 Å². The van der Waals surface area contributed by atoms with Crippen molar-refractivity contribution in [2.45, 2.75) is 50.8 Å². The van der Waals surface area contributed by atoms with Gasteiger partial charge in [-0.2, -0.15) is 0 Å². The lowest BCUT2D eigenvalue weighted by atomic mass is 9.99. The lowest BCUT2D eigenvalue weighted by Gasteiger charge is -2.24. The van der Waals surface area contributed by atoms with Crippen LogP contribution in [0, 0.1) is 5.92 Å². The zero-order valence-electron chi connectivity index (χ0n) is 9.57. The summed E-state index contributed by atoms with van der Waals surface area (Å²) in [4.78, 5) is 0. The van der Waals surface area contributed by atoms with Gasteiger partial charge in [0.05, 0.1) is 5.25 Å². The Labute approximate surface area is 92.7 Å². The molecule has 1 aliphatic carbocycles. The first-order valence-electron chi connectivity index (χ1n) is 5.68. The Hall–Kier alpha value is -0.130. The van der Waals surface area contributed by atoms with Gasteiger partial charge in [0, 0.05) is 12.6 Å². The van der Waals surface area contributed by atoms with Crippen LogP contribution in [-0.2, 0) is 10.0 Å². The van der Waals surface area contributed by atoms with E-state index < -0.39 is 10.0 Å². The Morgan fingerprint density at radius 2 is 1.87 bits per heavy atom. The van der Waals surface area contributed by atoms with Crippen LogP contribution in [-0.4, -0.2) is 26.3 Å². The molecule has 5 heteroatoms. The first-order valence-corrected chi connectivity index (χ1v) is 7.23. The molecule has 1 aliphatic rings. The summed E-state index contributed by atoms with van der Waals surface area (Å²) in [5.41, 5.74) is 5.63. The Kier molecular flexibility index (Phi) is 4.55. The summed E-state index contributed by atoms with van der Waals surface area (Å²) in [6.45, 7) is 3.77. The van der Waals surface area contributed by atoms with E-state index in [4.69, 9.17) is 5.73 Å². The highest BCUT2D eigenvalue weighted by Gasteiger charge is 2.28. The molecule has 0 aromatic heterocycles. The molecule has 0 aromatic carbocycles. The molecule has 0 spiro atoms. The smallest absolute Gasteiger partial charge is 0.214 e. The van der Waals surface area contributed by atoms with E-state index in [2.05, 4.69) is 4.72 Å². The molecule has 1 atom stereocenters. The van der Waals surface area contributed by atoms with Gasteiger partial charge in [0.25, 0.3) is 0 Å². The molecule has 0 aromatic rings. The minimum atomic E-state index is -3.18. The van der Waals surface area contributed by atoms with E-state index in [0.717, 1.165) is 12.8 Å². The summed E-state index contributed by atoms with van der Waals surface area (Å²) < 4.78 is 26.1. The van der Waals surface area contributed by atoms with Crippen LogP contribution < -0.4 is 10.5 Å². The molecule has 0 bridgehead atoms. The summed E-state index contributed by atoms with van der Waals surface area (Å²) in [5.74, 6) is 0.434. The summed E-state index contributed by atoms with van der Waals surface area (Å²) in [5, 5.41) is -0.382. The molecule has 15 heavy (non-hydrogen) atoms. The Morgan fingerprint density at radius 3 is 2.27 bits per heavy atom. The van der Waals surface area contributed by atoms with Crippen molar-refractivity contribution in [3.63, 3.8) is 0 Å². The number of hydrogen-bond donors (Lipinski definition) is 2. The highest BCUT2D eigenvalue weighted by molar-refractivity contribution is 7.90. The molecule has 4 nitrogen and oxygen atoms in total. The maximum atomic E-state index is 11.7. The highest BCUT2D eigenvalue weighted by atomic mass is 32.2. The van der Waals surface area contributed by atoms with Gasteiger partial charge in [-0.15, -0.1) is 0 Å². The van der Waals surface area contributed by atoms with Gasteiger partial charge in [0.1, 0.15) is 0 Å². The lowest BCUT2D eigenvalue weighted by Crippen LogP contribution is -2.46. The van der Waals surface area contributed by atoms with Crippen LogP contribution in [0.25, 0.3) is 0 Å². The average molecular weight is 234 g/mol. The van der Waals surface area contributed by atoms with Crippen molar-refractivity contribution >= 4 is 10.0 Å². The maximum absolute atomic E-state index is 11.7. The first kappa shape index (κ1) is 12.9. The average Bonchev–Trinajstić information content (AvgIpc) is 2.66. The molecule has 90 valence electrons. The second-order valence-corrected chi connectivity index (χ2v) is 6.87. The zero-order chi connectivity index (χ0) is 11.5. The maximum Gasteiger partial charge on any atom is 0.214 e. The van der Waals surface area contributed by atoms with Gasteiger partial charge in [-0.05, 0) is 32.6 Å². The standard InChI is InChI=1S/C10H22N2O2S/c1-8(2)15(13,14)12-10(7-11)9-5-3-4-6-9/h8-10,12H,3-7,11H2,1-2H3. The largest absolute Gasteiger partial charge is 0.329 e. The van der Waals surface area contributed by atoms with Crippen LogP contribution in [0.5, 0.6) is 0 Å². The fraction of sp³-hybridized carbons (Fsp3) is 1.00. The molecule has 0 saturated heterocycles. The Bertz CT molecular complexity index is 282. The van der Waals surface area contributed by atoms with Gasteiger partial charge in [0.15, 0.2) is 0 Å². The van der Waals surface area contributed by atoms with E-state index in [9.17, 15) is 8.42 Å². The minimum absolute atomic E-state index is 0.0695. The third kappa shape index (κ3) is 3.43. The van der Waals surface area contributed by atoms with E-state index in [-0.39, 0.29) is 11.3 Å². The molecule has 3 N–H and O–H groups in total. The Morgan fingerprint density at radius 1 is 1.33 bits per heavy atom. The van der Waals surface area contributed by atoms with Crippen LogP contribution in [0.3, 0.4) is 0 Å². The number of rotatable bonds is 5. The second-order valence-electron chi connectivity index (χ2n) is 4.60. The fourth-order valence-corrected chi connectivity index (χ4v) is 3.03. The van der Waals surface area contributed by atoms with Gasteiger partial charge in [-0.25, -0.2) is 13.1 Å². The van der Waals surface area contributed by atoms with Crippen LogP contribution in [0.1, 0.15) is 39.5 Å². The first-order chi connectivity index (χ1) is 6.97. The third-order valence-corrected chi connectivity index (χ3v) is 5.03. The topological polar surface area (TPSA) is 72.2 Å². The third-order valence-electron chi connectivity index (χ3n) is 3.16. The molecule has 1 rings (SSSR count). The van der Waals surface area contributed by atoms with Crippen LogP contribution in [0.4, 0.5) is 0 Å². The predicted octanol–water partition coefficient (Wildman–Crippen LogP) is 0.832. The lowest BCUT2D eigenvalue weighted by molar-refractivity contribution is 0.404. The van der Waals surface area contributed by atoms with Crippen LogP contribution in [0.2, 0.25) is 0 Å². The molecule has 0 radical (unpaired) electrons. The minimum Gasteiger partial charge on any atom is -0.329 e. The summed E-state index contributed by atoms with van der Waals surface area (Å²) in [7, 11) is -3.18. The number of nitrogens with one attached hydrogen (secondary N) is 1. The molecular formula is C10H22N2O2S. The van der Waals surface area contributed by atoms with Gasteiger partial charge in [-0.1, -0.05) is 12.8 Å². The van der Waals surface area contributed by atoms with Crippen molar-refractivity contribution in [2.75, 3.05) is 6.54 Å². The predicted molar refractivity (Wildman–Crippen MR) is 62.0 cm³/mol. The van der Waals surface area contributed by atoms with E-state index in [0.29, 0.717) is 12.5 Å². The van der Waals surface area contributed by atoms with Crippen molar-refractivity contribution in [1.29, 1.82) is 0 Å². The molecule has 0 amide bonds. The van der Waals surface area contributed by atoms with E-state index in [1.165, 1.54) is 12.8 Å². The quantitative estimate of drug-likeness (QED) is 0.740. The zero-order valence-corrected chi connectivity index (χ0v) is 10.4. The van der Waals surface area contributed by atoms with Crippen LogP contribution in [0.15, 0.2) is 0 Å². The summed E-state index contributed by atoms with van der Waals surface area (Å²) >= 11 is 0. The molecule has 0 aliphatic heterocycles. The molecule has 1 unspecified atom stereocenters. The molecular weight excluding hydrogens is 212 g/mol. The SMILES string of the molecule is CC(C)S(=O)(=O)NC(CN)C1CCCC1. The van der Waals surface area contributed by atoms with Crippen molar-refractivity contribution in [2.24, 2.45) is 11.7 Å². The van der Waals surface area contributed by atoms with Crippen molar-refractivity contribution < 1.29 is 8.42 Å². The van der Waals surface area contributed by atoms with Gasteiger partial charge >= 0.3 is 0 Å². The van der Waals surface area contributed by atoms with Crippen molar-refractivity contribution in [3.8, 4) is 0 Å². The van der Waals surface area contributed by atoms with E-state index in [1.54, 1.807) is 13.8 Å². The number of nitrogens with two attached hydrogens (primary N) is 1. The van der Waals surface area contributed by atoms with Crippen molar-refractivity contribution in [1.82, 2.24) is 4.72 Å². The molecule has 1 saturated carbocycles. The second kappa shape index (κ2) is 5.27. The number of sulfonamides is 1. The monoisotopic (exact) mass is 234 g/mol. The normalized spacial score (nSPS) is 21.1. The van der Waals surface area contributed by atoms with Crippen molar-refractivity contribution in [3.05, 3.63) is 0 Å². The van der Waals surface area contributed by atoms with E-state index in [1.807, 2.05) is 0 Å². The fourth-order valence-electron chi connectivity index (χ4n) is 2.04.